The Morgan fingerprint density at radius 3 is 1.19 bits per heavy atom. The predicted octanol–water partition coefficient (Wildman–Crippen LogP) is 12.3. The maximum Gasteiger partial charge on any atom is 0.339 e. The molecule has 0 amide bonds. The first-order valence-corrected chi connectivity index (χ1v) is 30.4. The van der Waals surface area contributed by atoms with Gasteiger partial charge >= 0.3 is 23.9 Å². The molecule has 0 aliphatic rings. The number of nitriles is 3. The number of pyridine rings is 7. The molecule has 10 aromatic rings. The van der Waals surface area contributed by atoms with Crippen molar-refractivity contribution in [3.8, 4) is 51.6 Å². The van der Waals surface area contributed by atoms with Gasteiger partial charge in [0.1, 0.15) is 18.2 Å². The van der Waals surface area contributed by atoms with Crippen LogP contribution in [0.25, 0.3) is 33.4 Å². The number of alkyl halides is 1. The molecule has 0 radical (unpaired) electrons. The Balaban J connectivity index is 0.000000220. The minimum absolute atomic E-state index is 0. The number of carbonyl (C=O) groups is 4. The van der Waals surface area contributed by atoms with Gasteiger partial charge in [-0.05, 0) is 70.1 Å². The van der Waals surface area contributed by atoms with Crippen LogP contribution in [0.5, 0.6) is 0 Å². The zero-order valence-corrected chi connectivity index (χ0v) is 54.6. The fraction of sp³-hybridized carbons (Fsp3) is 0.104. The van der Waals surface area contributed by atoms with Crippen LogP contribution in [0.3, 0.4) is 0 Å². The molecule has 7 aromatic heterocycles. The van der Waals surface area contributed by atoms with E-state index in [0.717, 1.165) is 33.4 Å². The van der Waals surface area contributed by atoms with E-state index < -0.39 is 11.9 Å². The number of aryl methyl sites for hydroxylation is 1. The minimum Gasteiger partial charge on any atom is -0.478 e. The topological polar surface area (TPSA) is 338 Å². The van der Waals surface area contributed by atoms with Crippen molar-refractivity contribution in [2.75, 3.05) is 21.3 Å². The van der Waals surface area contributed by atoms with Gasteiger partial charge in [-0.2, -0.15) is 15.8 Å². The highest BCUT2D eigenvalue weighted by atomic mass is 79.9. The SMILES string of the molecule is COC(=O)c1cncc(C)c1.COC(=O)c1cncc(CBr)c1.COC(=O)c1cncc(CSc2[nH]c(=O)cc(-c3ccccc3)c2C#N)c1.Cl.N#Cc1c(-c2ccccc2)cc(=O)[nH]c1S.N#Cc1c(-c2ccccc2)cc(=O)[nH]c1SCc1cncc(C(=O)O)c1. The van der Waals surface area contributed by atoms with Gasteiger partial charge in [-0.25, -0.2) is 19.2 Å². The molecule has 0 atom stereocenters. The summed E-state index contributed by atoms with van der Waals surface area (Å²) in [5.74, 6) is -1.42. The van der Waals surface area contributed by atoms with Crippen molar-refractivity contribution in [2.45, 2.75) is 38.8 Å². The van der Waals surface area contributed by atoms with Crippen LogP contribution >= 0.6 is 64.5 Å². The minimum atomic E-state index is -1.05. The first-order valence-electron chi connectivity index (χ1n) is 26.8. The first-order chi connectivity index (χ1) is 44.4. The number of H-pyrrole nitrogens is 3. The molecule has 0 spiro atoms. The summed E-state index contributed by atoms with van der Waals surface area (Å²) < 4.78 is 13.7. The number of hydrogen-bond acceptors (Lipinski definition) is 20. The second kappa shape index (κ2) is 37.4. The van der Waals surface area contributed by atoms with Crippen LogP contribution in [0.4, 0.5) is 0 Å². The molecular weight excluding hydrogens is 1330 g/mol. The van der Waals surface area contributed by atoms with Crippen LogP contribution in [-0.4, -0.2) is 85.2 Å². The van der Waals surface area contributed by atoms with Gasteiger partial charge in [-0.1, -0.05) is 107 Å². The van der Waals surface area contributed by atoms with Gasteiger partial charge in [0.05, 0.1) is 75.4 Å². The van der Waals surface area contributed by atoms with Crippen LogP contribution in [0.2, 0.25) is 0 Å². The monoisotopic (exact) mass is 1380 g/mol. The number of aromatic carboxylic acids is 1. The van der Waals surface area contributed by atoms with E-state index in [4.69, 9.17) is 15.1 Å². The molecule has 21 nitrogen and oxygen atoms in total. The average molecular weight is 1390 g/mol. The Hall–Kier alpha value is -10.7. The van der Waals surface area contributed by atoms with E-state index in [1.54, 1.807) is 43.0 Å². The summed E-state index contributed by atoms with van der Waals surface area (Å²) in [6.07, 6.45) is 12.2. The van der Waals surface area contributed by atoms with E-state index in [9.17, 15) is 44.1 Å². The number of nitrogens with zero attached hydrogens (tertiary/aromatic N) is 7. The normalized spacial score (nSPS) is 9.84. The number of carboxylic acid groups (broad SMARTS) is 1. The van der Waals surface area contributed by atoms with Crippen LogP contribution < -0.4 is 16.7 Å². The summed E-state index contributed by atoms with van der Waals surface area (Å²) in [4.78, 5) is 104. The quantitative estimate of drug-likeness (QED) is 0.0222. The number of aromatic amines is 3. The molecule has 0 bridgehead atoms. The van der Waals surface area contributed by atoms with Gasteiger partial charge in [0, 0.05) is 101 Å². The summed E-state index contributed by atoms with van der Waals surface area (Å²) in [5, 5.41) is 39.2. The summed E-state index contributed by atoms with van der Waals surface area (Å²) in [6.45, 7) is 1.87. The number of carboxylic acids is 1. The third-order valence-electron chi connectivity index (χ3n) is 12.3. The second-order valence-corrected chi connectivity index (χ2v) is 21.7. The molecule has 10 rings (SSSR count). The Labute approximate surface area is 560 Å². The highest BCUT2D eigenvalue weighted by molar-refractivity contribution is 9.08. The fourth-order valence-electron chi connectivity index (χ4n) is 8.07. The van der Waals surface area contributed by atoms with Crippen LogP contribution in [-0.2, 0) is 31.0 Å². The number of halogens is 2. The summed E-state index contributed by atoms with van der Waals surface area (Å²) >= 11 is 9.92. The number of thiol groups is 1. The molecule has 4 N–H and O–H groups in total. The van der Waals surface area contributed by atoms with Crippen molar-refractivity contribution in [3.05, 3.63) is 275 Å². The van der Waals surface area contributed by atoms with Crippen molar-refractivity contribution >= 4 is 88.4 Å². The number of thioether (sulfide) groups is 2. The number of ether oxygens (including phenoxy) is 3. The highest BCUT2D eigenvalue weighted by Crippen LogP contribution is 2.32. The maximum absolute atomic E-state index is 12.1. The number of nitrogens with one attached hydrogen (secondary N) is 3. The van der Waals surface area contributed by atoms with E-state index in [-0.39, 0.29) is 46.6 Å². The van der Waals surface area contributed by atoms with Gasteiger partial charge in [0.15, 0.2) is 0 Å². The number of benzene rings is 3. The van der Waals surface area contributed by atoms with Gasteiger partial charge in [0.25, 0.3) is 0 Å². The molecule has 3 aromatic carbocycles. The zero-order chi connectivity index (χ0) is 66.5. The molecule has 470 valence electrons. The highest BCUT2D eigenvalue weighted by Gasteiger charge is 2.17. The number of carbonyl (C=O) groups excluding carboxylic acids is 3. The van der Waals surface area contributed by atoms with Crippen molar-refractivity contribution in [3.63, 3.8) is 0 Å². The number of hydrogen-bond donors (Lipinski definition) is 5. The van der Waals surface area contributed by atoms with E-state index in [1.807, 2.05) is 104 Å². The zero-order valence-electron chi connectivity index (χ0n) is 49.7. The number of aromatic nitrogens is 7. The van der Waals surface area contributed by atoms with E-state index in [1.165, 1.54) is 93.9 Å². The molecular formula is C67H54BrClN10O11S3. The van der Waals surface area contributed by atoms with Crippen molar-refractivity contribution < 1.29 is 38.5 Å². The van der Waals surface area contributed by atoms with Gasteiger partial charge < -0.3 is 34.3 Å². The first kappa shape index (κ1) is 73.0. The standard InChI is InChI=1S/C20H15N3O3S.C19H13N3O3S.C12H8N2OS.C8H8BrNO2.C8H9NO2.ClH/c1-26-20(25)15-7-13(10-22-11-15)12-27-19-17(9-21)16(8-18(24)23-19)14-5-3-2-4-6-14;20-8-16-15(13-4-2-1-3-5-13)7-17(23)22-18(16)26-11-12-6-14(19(24)25)10-21-9-12;13-7-10-9(6-11(15)14-12(10)16)8-4-2-1-3-5-8;1-12-8(11)7-2-6(3-9)4-10-5-7;1-6-3-7(5-9-4-6)8(10)11-2;/h2-8,10-11H,12H2,1H3,(H,23,24);1-7,9-10H,11H2,(H,22,23)(H,24,25);1-6H,(H2,14,15,16);2,4-5H,3H2,1H3;3-5H,1-2H3;1H. The van der Waals surface area contributed by atoms with Gasteiger partial charge in [0.2, 0.25) is 16.7 Å². The fourth-order valence-corrected chi connectivity index (χ4v) is 10.5. The van der Waals surface area contributed by atoms with E-state index in [0.29, 0.717) is 87.5 Å². The molecule has 26 heteroatoms. The Morgan fingerprint density at radius 1 is 0.495 bits per heavy atom. The smallest absolute Gasteiger partial charge is 0.339 e. The van der Waals surface area contributed by atoms with Gasteiger partial charge in [-0.15, -0.1) is 48.6 Å². The van der Waals surface area contributed by atoms with Gasteiger partial charge in [-0.3, -0.25) is 34.3 Å². The Kier molecular flexibility index (Phi) is 29.4. The second-order valence-electron chi connectivity index (χ2n) is 18.7. The lowest BCUT2D eigenvalue weighted by atomic mass is 10.0. The Morgan fingerprint density at radius 2 is 0.828 bits per heavy atom. The van der Waals surface area contributed by atoms with Crippen molar-refractivity contribution in [1.82, 2.24) is 34.9 Å². The maximum atomic E-state index is 12.1. The third-order valence-corrected chi connectivity index (χ3v) is 15.4. The third kappa shape index (κ3) is 21.7. The molecule has 0 unspecified atom stereocenters. The summed E-state index contributed by atoms with van der Waals surface area (Å²) in [7, 11) is 4.01. The Bertz CT molecular complexity index is 4560. The number of esters is 3. The summed E-state index contributed by atoms with van der Waals surface area (Å²) in [6, 6.07) is 45.1. The van der Waals surface area contributed by atoms with E-state index in [2.05, 4.69) is 85.1 Å². The lowest BCUT2D eigenvalue weighted by Gasteiger charge is -2.09. The van der Waals surface area contributed by atoms with Crippen LogP contribution in [0.15, 0.2) is 212 Å². The molecule has 0 aliphatic carbocycles. The lowest BCUT2D eigenvalue weighted by molar-refractivity contribution is 0.0591. The van der Waals surface area contributed by atoms with Crippen LogP contribution in [0, 0.1) is 40.9 Å². The lowest BCUT2D eigenvalue weighted by Crippen LogP contribution is -2.08. The summed E-state index contributed by atoms with van der Waals surface area (Å²) in [5.41, 5.74) is 9.29. The molecule has 93 heavy (non-hydrogen) atoms. The van der Waals surface area contributed by atoms with Crippen molar-refractivity contribution in [2.24, 2.45) is 0 Å². The molecule has 7 heterocycles. The molecule has 0 saturated heterocycles. The van der Waals surface area contributed by atoms with E-state index >= 15 is 0 Å². The van der Waals surface area contributed by atoms with Crippen molar-refractivity contribution in [1.29, 1.82) is 15.8 Å². The number of rotatable bonds is 14. The predicted molar refractivity (Wildman–Crippen MR) is 361 cm³/mol. The largest absolute Gasteiger partial charge is 0.478 e. The number of methoxy groups -OCH3 is 3. The van der Waals surface area contributed by atoms with Crippen LogP contribution in [0.1, 0.15) is 80.4 Å². The molecule has 0 fully saturated rings. The molecule has 0 saturated carbocycles. The average Bonchev–Trinajstić information content (AvgIpc) is 0.861. The molecule has 0 aliphatic heterocycles.